The number of aliphatic imine (C=N–C) groups is 1. The van der Waals surface area contributed by atoms with Gasteiger partial charge in [0.25, 0.3) is 5.91 Å². The van der Waals surface area contributed by atoms with E-state index >= 15 is 0 Å². The quantitative estimate of drug-likeness (QED) is 0.221. The van der Waals surface area contributed by atoms with Crippen molar-refractivity contribution in [3.8, 4) is 5.75 Å². The summed E-state index contributed by atoms with van der Waals surface area (Å²) in [5.41, 5.74) is 0.572. The van der Waals surface area contributed by atoms with E-state index in [1.54, 1.807) is 32.4 Å². The molecular formula is C23H37IN6O3. The Kier molecular flexibility index (Phi) is 11.2. The van der Waals surface area contributed by atoms with Gasteiger partial charge in [0.15, 0.2) is 5.96 Å². The molecule has 2 aliphatic rings. The zero-order chi connectivity index (χ0) is 22.9. The van der Waals surface area contributed by atoms with E-state index in [1.165, 1.54) is 0 Å². The molecule has 1 atom stereocenters. The highest BCUT2D eigenvalue weighted by Crippen LogP contribution is 2.14. The molecule has 2 fully saturated rings. The number of ether oxygens (including phenoxy) is 1. The summed E-state index contributed by atoms with van der Waals surface area (Å²) in [5, 5.41) is 6.24. The zero-order valence-electron chi connectivity index (χ0n) is 19.9. The van der Waals surface area contributed by atoms with Crippen molar-refractivity contribution in [3.05, 3.63) is 29.8 Å². The Morgan fingerprint density at radius 1 is 1.03 bits per heavy atom. The number of amides is 2. The van der Waals surface area contributed by atoms with Gasteiger partial charge in [-0.1, -0.05) is 6.07 Å². The van der Waals surface area contributed by atoms with Crippen molar-refractivity contribution in [1.29, 1.82) is 0 Å². The number of nitrogens with zero attached hydrogens (tertiary/aromatic N) is 4. The Hall–Kier alpha value is -2.08. The fourth-order valence-corrected chi connectivity index (χ4v) is 4.23. The predicted molar refractivity (Wildman–Crippen MR) is 141 cm³/mol. The number of benzene rings is 1. The molecule has 0 saturated carbocycles. The molecule has 9 nitrogen and oxygen atoms in total. The van der Waals surface area contributed by atoms with Crippen LogP contribution in [0.15, 0.2) is 29.3 Å². The number of halogens is 1. The molecule has 33 heavy (non-hydrogen) atoms. The van der Waals surface area contributed by atoms with Crippen LogP contribution < -0.4 is 15.4 Å². The van der Waals surface area contributed by atoms with E-state index in [0.29, 0.717) is 24.4 Å². The minimum absolute atomic E-state index is 0. The lowest BCUT2D eigenvalue weighted by Gasteiger charge is -2.39. The van der Waals surface area contributed by atoms with E-state index in [4.69, 9.17) is 4.74 Å². The highest BCUT2D eigenvalue weighted by atomic mass is 127. The van der Waals surface area contributed by atoms with Crippen LogP contribution >= 0.6 is 24.0 Å². The fraction of sp³-hybridized carbons (Fsp3) is 0.609. The number of carbonyl (C=O) groups is 2. The molecule has 0 aromatic heterocycles. The maximum absolute atomic E-state index is 12.7. The number of rotatable bonds is 7. The van der Waals surface area contributed by atoms with E-state index in [-0.39, 0.29) is 41.8 Å². The summed E-state index contributed by atoms with van der Waals surface area (Å²) < 4.78 is 5.17. The molecule has 0 aliphatic carbocycles. The van der Waals surface area contributed by atoms with Gasteiger partial charge in [0.05, 0.1) is 13.2 Å². The number of likely N-dealkylation sites (tertiary alicyclic amines) is 1. The lowest BCUT2D eigenvalue weighted by molar-refractivity contribution is -0.135. The molecule has 2 amide bonds. The van der Waals surface area contributed by atoms with Gasteiger partial charge in [-0.15, -0.1) is 24.0 Å². The summed E-state index contributed by atoms with van der Waals surface area (Å²) in [6.45, 7) is 8.16. The molecule has 1 unspecified atom stereocenters. The normalized spacial score (nSPS) is 17.8. The molecule has 1 aromatic rings. The Labute approximate surface area is 213 Å². The van der Waals surface area contributed by atoms with Gasteiger partial charge in [0.1, 0.15) is 5.75 Å². The van der Waals surface area contributed by atoms with Crippen LogP contribution in [-0.2, 0) is 4.79 Å². The van der Waals surface area contributed by atoms with Gasteiger partial charge in [0.2, 0.25) is 5.91 Å². The van der Waals surface area contributed by atoms with Crippen molar-refractivity contribution >= 4 is 41.8 Å². The first-order chi connectivity index (χ1) is 15.5. The molecule has 2 heterocycles. The summed E-state index contributed by atoms with van der Waals surface area (Å²) >= 11 is 0. The first-order valence-corrected chi connectivity index (χ1v) is 11.4. The Morgan fingerprint density at radius 3 is 2.33 bits per heavy atom. The minimum atomic E-state index is -0.133. The first-order valence-electron chi connectivity index (χ1n) is 11.4. The number of guanidine groups is 1. The highest BCUT2D eigenvalue weighted by Gasteiger charge is 2.30. The van der Waals surface area contributed by atoms with Crippen LogP contribution in [0.2, 0.25) is 0 Å². The monoisotopic (exact) mass is 572 g/mol. The van der Waals surface area contributed by atoms with E-state index in [9.17, 15) is 9.59 Å². The van der Waals surface area contributed by atoms with E-state index in [2.05, 4.69) is 25.4 Å². The second-order valence-electron chi connectivity index (χ2n) is 8.19. The standard InChI is InChI=1S/C23H36N6O3.HI/c1-18(22(31)28-11-4-5-12-28)27-13-15-29(16-14-27)23(24-2)26-10-9-25-21(30)19-7-6-8-20(17-19)32-3;/h6-8,17-18H,4-5,9-16H2,1-3H3,(H,24,26)(H,25,30);1H. The third-order valence-electron chi connectivity index (χ3n) is 6.17. The van der Waals surface area contributed by atoms with Crippen LogP contribution in [0, 0.1) is 0 Å². The number of hydrogen-bond donors (Lipinski definition) is 2. The molecule has 3 rings (SSSR count). The molecule has 2 N–H and O–H groups in total. The third kappa shape index (κ3) is 7.46. The zero-order valence-corrected chi connectivity index (χ0v) is 22.2. The minimum Gasteiger partial charge on any atom is -0.497 e. The van der Waals surface area contributed by atoms with Crippen molar-refractivity contribution in [2.75, 3.05) is 66.5 Å². The Balaban J connectivity index is 0.00000385. The van der Waals surface area contributed by atoms with Crippen LogP contribution in [-0.4, -0.2) is 105 Å². The summed E-state index contributed by atoms with van der Waals surface area (Å²) in [4.78, 5) is 35.8. The molecule has 10 heteroatoms. The Bertz CT molecular complexity index is 807. The van der Waals surface area contributed by atoms with Crippen molar-refractivity contribution in [1.82, 2.24) is 25.3 Å². The van der Waals surface area contributed by atoms with Crippen LogP contribution in [0.5, 0.6) is 5.75 Å². The molecule has 0 radical (unpaired) electrons. The van der Waals surface area contributed by atoms with Gasteiger partial charge in [-0.2, -0.15) is 0 Å². The summed E-state index contributed by atoms with van der Waals surface area (Å²) in [7, 11) is 3.35. The molecular weight excluding hydrogens is 535 g/mol. The SMILES string of the molecule is CN=C(NCCNC(=O)c1cccc(OC)c1)N1CCN(C(C)C(=O)N2CCCC2)CC1.I. The Morgan fingerprint density at radius 2 is 1.70 bits per heavy atom. The second-order valence-corrected chi connectivity index (χ2v) is 8.19. The van der Waals surface area contributed by atoms with Crippen LogP contribution in [0.1, 0.15) is 30.1 Å². The van der Waals surface area contributed by atoms with Crippen molar-refractivity contribution < 1.29 is 14.3 Å². The summed E-state index contributed by atoms with van der Waals surface area (Å²) in [5.74, 6) is 1.60. The number of carbonyl (C=O) groups excluding carboxylic acids is 2. The third-order valence-corrected chi connectivity index (χ3v) is 6.17. The van der Waals surface area contributed by atoms with Gasteiger partial charge >= 0.3 is 0 Å². The fourth-order valence-electron chi connectivity index (χ4n) is 4.23. The number of hydrogen-bond acceptors (Lipinski definition) is 5. The first kappa shape index (κ1) is 27.2. The summed E-state index contributed by atoms with van der Waals surface area (Å²) in [6, 6.07) is 7.02. The average molecular weight is 572 g/mol. The topological polar surface area (TPSA) is 89.5 Å². The smallest absolute Gasteiger partial charge is 0.251 e. The van der Waals surface area contributed by atoms with E-state index < -0.39 is 0 Å². The van der Waals surface area contributed by atoms with Crippen molar-refractivity contribution in [3.63, 3.8) is 0 Å². The van der Waals surface area contributed by atoms with Crippen molar-refractivity contribution in [2.24, 2.45) is 4.99 Å². The largest absolute Gasteiger partial charge is 0.497 e. The molecule has 0 bridgehead atoms. The van der Waals surface area contributed by atoms with Crippen LogP contribution in [0.3, 0.4) is 0 Å². The molecule has 2 saturated heterocycles. The predicted octanol–water partition coefficient (Wildman–Crippen LogP) is 1.25. The highest BCUT2D eigenvalue weighted by molar-refractivity contribution is 14.0. The maximum Gasteiger partial charge on any atom is 0.251 e. The van der Waals surface area contributed by atoms with Gasteiger partial charge in [-0.05, 0) is 38.0 Å². The number of nitrogens with one attached hydrogen (secondary N) is 2. The van der Waals surface area contributed by atoms with E-state index in [1.807, 2.05) is 17.9 Å². The molecule has 2 aliphatic heterocycles. The van der Waals surface area contributed by atoms with Crippen LogP contribution in [0.4, 0.5) is 0 Å². The molecule has 0 spiro atoms. The molecule has 1 aromatic carbocycles. The van der Waals surface area contributed by atoms with Crippen molar-refractivity contribution in [2.45, 2.75) is 25.8 Å². The van der Waals surface area contributed by atoms with Gasteiger partial charge < -0.3 is 25.2 Å². The number of piperazine rings is 1. The van der Waals surface area contributed by atoms with E-state index in [0.717, 1.165) is 58.1 Å². The lowest BCUT2D eigenvalue weighted by Crippen LogP contribution is -2.57. The molecule has 184 valence electrons. The van der Waals surface area contributed by atoms with Gasteiger partial charge in [-0.25, -0.2) is 0 Å². The summed E-state index contributed by atoms with van der Waals surface area (Å²) in [6.07, 6.45) is 2.24. The second kappa shape index (κ2) is 13.6. The van der Waals surface area contributed by atoms with Gasteiger partial charge in [0, 0.05) is 65.0 Å². The maximum atomic E-state index is 12.7. The van der Waals surface area contributed by atoms with Crippen LogP contribution in [0.25, 0.3) is 0 Å². The number of methoxy groups -OCH3 is 1. The lowest BCUT2D eigenvalue weighted by atomic mass is 10.2. The average Bonchev–Trinajstić information content (AvgIpc) is 3.38. The van der Waals surface area contributed by atoms with Gasteiger partial charge in [-0.3, -0.25) is 19.5 Å².